The smallest absolute Gasteiger partial charge is 0.418 e. The van der Waals surface area contributed by atoms with E-state index in [1.807, 2.05) is 0 Å². The monoisotopic (exact) mass is 279 g/mol. The molecule has 8 heteroatoms. The first-order chi connectivity index (χ1) is 8.49. The summed E-state index contributed by atoms with van der Waals surface area (Å²) in [5.41, 5.74) is -0.976. The van der Waals surface area contributed by atoms with Crippen LogP contribution in [0, 0.1) is 0 Å². The Labute approximate surface area is 108 Å². The van der Waals surface area contributed by atoms with Gasteiger partial charge in [0.1, 0.15) is 5.60 Å². The summed E-state index contributed by atoms with van der Waals surface area (Å²) in [4.78, 5) is 34.7. The molecule has 0 aliphatic carbocycles. The molecule has 6 nitrogen and oxygen atoms in total. The van der Waals surface area contributed by atoms with Crippen LogP contribution < -0.4 is 0 Å². The Kier molecular flexibility index (Phi) is 3.83. The lowest BCUT2D eigenvalue weighted by molar-refractivity contribution is -0.157. The summed E-state index contributed by atoms with van der Waals surface area (Å²) in [7, 11) is 0.897. The molecule has 1 aliphatic heterocycles. The molecule has 1 atom stereocenters. The lowest BCUT2D eigenvalue weighted by atomic mass is 10.1. The standard InChI is InChI=1S/C11H15F2NO5/c1-10(2,3)19-9(17)14-6(15)5-11(12,13)7(14)8(16)18-4/h7H,5H2,1-4H3. The van der Waals surface area contributed by atoms with Gasteiger partial charge in [-0.25, -0.2) is 23.3 Å². The number of ether oxygens (including phenoxy) is 2. The lowest BCUT2D eigenvalue weighted by Crippen LogP contribution is -2.50. The van der Waals surface area contributed by atoms with Gasteiger partial charge in [0, 0.05) is 0 Å². The minimum Gasteiger partial charge on any atom is -0.467 e. The van der Waals surface area contributed by atoms with Crippen molar-refractivity contribution in [1.82, 2.24) is 4.90 Å². The van der Waals surface area contributed by atoms with Crippen molar-refractivity contribution in [3.63, 3.8) is 0 Å². The molecule has 1 rings (SSSR count). The summed E-state index contributed by atoms with van der Waals surface area (Å²) in [5, 5.41) is 0. The molecule has 0 aromatic rings. The predicted octanol–water partition coefficient (Wildman–Crippen LogP) is 1.33. The first-order valence-electron chi connectivity index (χ1n) is 5.50. The minimum atomic E-state index is -3.67. The van der Waals surface area contributed by atoms with Gasteiger partial charge in [-0.15, -0.1) is 0 Å². The Bertz CT molecular complexity index is 416. The molecular formula is C11H15F2NO5. The molecule has 108 valence electrons. The van der Waals surface area contributed by atoms with Gasteiger partial charge < -0.3 is 9.47 Å². The highest BCUT2D eigenvalue weighted by molar-refractivity contribution is 6.01. The van der Waals surface area contributed by atoms with Crippen LogP contribution in [0.25, 0.3) is 0 Å². The van der Waals surface area contributed by atoms with Crippen molar-refractivity contribution in [2.75, 3.05) is 7.11 Å². The highest BCUT2D eigenvalue weighted by Gasteiger charge is 2.61. The van der Waals surface area contributed by atoms with E-state index >= 15 is 0 Å². The largest absolute Gasteiger partial charge is 0.467 e. The van der Waals surface area contributed by atoms with E-state index in [4.69, 9.17) is 4.74 Å². The van der Waals surface area contributed by atoms with Crippen LogP contribution >= 0.6 is 0 Å². The molecule has 0 saturated carbocycles. The first kappa shape index (κ1) is 15.3. The minimum absolute atomic E-state index is 0.122. The van der Waals surface area contributed by atoms with Gasteiger partial charge in [-0.1, -0.05) is 0 Å². The average Bonchev–Trinajstić information content (AvgIpc) is 2.44. The molecule has 1 saturated heterocycles. The molecule has 1 unspecified atom stereocenters. The SMILES string of the molecule is COC(=O)C1N(C(=O)OC(C)(C)C)C(=O)CC1(F)F. The van der Waals surface area contributed by atoms with Gasteiger partial charge in [0.2, 0.25) is 11.9 Å². The maximum atomic E-state index is 13.6. The van der Waals surface area contributed by atoms with Gasteiger partial charge in [-0.05, 0) is 20.8 Å². The third-order valence-corrected chi connectivity index (χ3v) is 2.33. The second-order valence-electron chi connectivity index (χ2n) is 5.11. The summed E-state index contributed by atoms with van der Waals surface area (Å²) in [5.74, 6) is -6.20. The molecular weight excluding hydrogens is 264 g/mol. The molecule has 0 bridgehead atoms. The van der Waals surface area contributed by atoms with Crippen LogP contribution in [0.15, 0.2) is 0 Å². The highest BCUT2D eigenvalue weighted by atomic mass is 19.3. The summed E-state index contributed by atoms with van der Waals surface area (Å²) in [6, 6.07) is -2.28. The Balaban J connectivity index is 3.06. The fourth-order valence-electron chi connectivity index (χ4n) is 1.62. The van der Waals surface area contributed by atoms with Crippen LogP contribution in [0.3, 0.4) is 0 Å². The van der Waals surface area contributed by atoms with Crippen LogP contribution in [-0.2, 0) is 19.1 Å². The van der Waals surface area contributed by atoms with E-state index in [2.05, 4.69) is 4.74 Å². The van der Waals surface area contributed by atoms with E-state index < -0.39 is 42.0 Å². The molecule has 0 spiro atoms. The van der Waals surface area contributed by atoms with E-state index in [1.165, 1.54) is 20.8 Å². The summed E-state index contributed by atoms with van der Waals surface area (Å²) < 4.78 is 36.2. The van der Waals surface area contributed by atoms with E-state index in [9.17, 15) is 23.2 Å². The average molecular weight is 279 g/mol. The number of imide groups is 1. The van der Waals surface area contributed by atoms with Crippen molar-refractivity contribution in [3.05, 3.63) is 0 Å². The van der Waals surface area contributed by atoms with Crippen molar-refractivity contribution >= 4 is 18.0 Å². The van der Waals surface area contributed by atoms with Gasteiger partial charge in [0.25, 0.3) is 5.92 Å². The number of hydrogen-bond donors (Lipinski definition) is 0. The fraction of sp³-hybridized carbons (Fsp3) is 0.727. The third-order valence-electron chi connectivity index (χ3n) is 2.33. The number of nitrogens with zero attached hydrogens (tertiary/aromatic N) is 1. The molecule has 1 aliphatic rings. The number of likely N-dealkylation sites (tertiary alicyclic amines) is 1. The van der Waals surface area contributed by atoms with Crippen LogP contribution in [0.1, 0.15) is 27.2 Å². The number of hydrogen-bond acceptors (Lipinski definition) is 5. The second-order valence-corrected chi connectivity index (χ2v) is 5.11. The summed E-state index contributed by atoms with van der Waals surface area (Å²) in [6.45, 7) is 4.53. The molecule has 0 aromatic heterocycles. The van der Waals surface area contributed by atoms with E-state index in [0.29, 0.717) is 0 Å². The van der Waals surface area contributed by atoms with Crippen LogP contribution in [0.4, 0.5) is 13.6 Å². The Morgan fingerprint density at radius 3 is 2.32 bits per heavy atom. The lowest BCUT2D eigenvalue weighted by Gasteiger charge is -2.27. The number of halogens is 2. The van der Waals surface area contributed by atoms with Gasteiger partial charge in [0.05, 0.1) is 13.5 Å². The quantitative estimate of drug-likeness (QED) is 0.677. The maximum absolute atomic E-state index is 13.6. The Hall–Kier alpha value is -1.73. The Morgan fingerprint density at radius 2 is 1.89 bits per heavy atom. The summed E-state index contributed by atoms with van der Waals surface area (Å²) >= 11 is 0. The van der Waals surface area contributed by atoms with Crippen molar-refractivity contribution in [3.8, 4) is 0 Å². The normalized spacial score (nSPS) is 22.3. The number of methoxy groups -OCH3 is 1. The highest BCUT2D eigenvalue weighted by Crippen LogP contribution is 2.36. The maximum Gasteiger partial charge on any atom is 0.418 e. The van der Waals surface area contributed by atoms with Gasteiger partial charge in [-0.2, -0.15) is 0 Å². The number of carbonyl (C=O) groups excluding carboxylic acids is 3. The first-order valence-corrected chi connectivity index (χ1v) is 5.50. The number of amides is 2. The number of esters is 1. The molecule has 19 heavy (non-hydrogen) atoms. The van der Waals surface area contributed by atoms with Crippen LogP contribution in [0.2, 0.25) is 0 Å². The van der Waals surface area contributed by atoms with Crippen LogP contribution in [0.5, 0.6) is 0 Å². The van der Waals surface area contributed by atoms with Gasteiger partial charge in [0.15, 0.2) is 0 Å². The second kappa shape index (κ2) is 4.75. The van der Waals surface area contributed by atoms with E-state index in [1.54, 1.807) is 0 Å². The fourth-order valence-corrected chi connectivity index (χ4v) is 1.62. The molecule has 0 aromatic carbocycles. The number of rotatable bonds is 1. The van der Waals surface area contributed by atoms with Crippen molar-refractivity contribution in [1.29, 1.82) is 0 Å². The van der Waals surface area contributed by atoms with E-state index in [-0.39, 0.29) is 4.90 Å². The van der Waals surface area contributed by atoms with Gasteiger partial charge in [-0.3, -0.25) is 4.79 Å². The number of alkyl halides is 2. The van der Waals surface area contributed by atoms with Crippen molar-refractivity contribution in [2.24, 2.45) is 0 Å². The zero-order valence-electron chi connectivity index (χ0n) is 11.0. The Morgan fingerprint density at radius 1 is 1.37 bits per heavy atom. The third kappa shape index (κ3) is 3.18. The molecule has 2 amide bonds. The van der Waals surface area contributed by atoms with Crippen molar-refractivity contribution in [2.45, 2.75) is 44.8 Å². The zero-order valence-corrected chi connectivity index (χ0v) is 11.0. The summed E-state index contributed by atoms with van der Waals surface area (Å²) in [6.07, 6.45) is -2.52. The number of carbonyl (C=O) groups is 3. The van der Waals surface area contributed by atoms with Crippen molar-refractivity contribution < 1.29 is 32.6 Å². The topological polar surface area (TPSA) is 72.9 Å². The molecule has 0 radical (unpaired) electrons. The molecule has 1 heterocycles. The zero-order chi connectivity index (χ0) is 15.0. The van der Waals surface area contributed by atoms with E-state index in [0.717, 1.165) is 7.11 Å². The molecule has 0 N–H and O–H groups in total. The molecule has 1 fully saturated rings. The van der Waals surface area contributed by atoms with Crippen LogP contribution in [-0.4, -0.2) is 47.5 Å². The van der Waals surface area contributed by atoms with Gasteiger partial charge >= 0.3 is 12.1 Å². The predicted molar refractivity (Wildman–Crippen MR) is 58.4 cm³/mol.